The summed E-state index contributed by atoms with van der Waals surface area (Å²) in [6.45, 7) is 0.728. The lowest BCUT2D eigenvalue weighted by atomic mass is 9.86. The molecule has 31 heavy (non-hydrogen) atoms. The number of benzene rings is 3. The summed E-state index contributed by atoms with van der Waals surface area (Å²) < 4.78 is 25.7. The molecule has 2 aliphatic heterocycles. The molecule has 156 valence electrons. The number of fused-ring (bicyclic) bond motifs is 3. The minimum Gasteiger partial charge on any atom is -0.492 e. The van der Waals surface area contributed by atoms with Gasteiger partial charge in [-0.05, 0) is 53.1 Å². The van der Waals surface area contributed by atoms with Crippen LogP contribution in [0.15, 0.2) is 77.9 Å². The number of halogens is 2. The second-order valence-corrected chi connectivity index (χ2v) is 7.76. The Morgan fingerprint density at radius 2 is 1.97 bits per heavy atom. The van der Waals surface area contributed by atoms with Crippen molar-refractivity contribution in [2.75, 3.05) is 6.61 Å². The van der Waals surface area contributed by atoms with E-state index in [0.29, 0.717) is 36.0 Å². The second-order valence-electron chi connectivity index (χ2n) is 7.43. The number of carbonyl (C=O) groups is 1. The molecule has 0 unspecified atom stereocenters. The SMILES string of the molecule is O=C(Cl)N1N=C2c3cc(F)ccc3OC[C@@H]2[C@@H]1c1cccc(OCc2ccccc2)c1. The van der Waals surface area contributed by atoms with Crippen LogP contribution in [-0.4, -0.2) is 22.7 Å². The van der Waals surface area contributed by atoms with Crippen molar-refractivity contribution in [1.29, 1.82) is 0 Å². The number of hydrazone groups is 1. The first kappa shape index (κ1) is 19.6. The summed E-state index contributed by atoms with van der Waals surface area (Å²) in [5, 5.41) is 4.98. The lowest BCUT2D eigenvalue weighted by Gasteiger charge is -2.29. The van der Waals surface area contributed by atoms with E-state index in [9.17, 15) is 9.18 Å². The minimum atomic E-state index is -0.708. The summed E-state index contributed by atoms with van der Waals surface area (Å²) >= 11 is 5.87. The van der Waals surface area contributed by atoms with Crippen molar-refractivity contribution in [2.45, 2.75) is 12.6 Å². The molecule has 5 rings (SSSR count). The Bertz CT molecular complexity index is 1170. The molecule has 0 spiro atoms. The summed E-state index contributed by atoms with van der Waals surface area (Å²) in [5.41, 5.74) is 3.00. The van der Waals surface area contributed by atoms with Gasteiger partial charge in [-0.2, -0.15) is 5.10 Å². The summed E-state index contributed by atoms with van der Waals surface area (Å²) in [6.07, 6.45) is 0. The monoisotopic (exact) mass is 436 g/mol. The van der Waals surface area contributed by atoms with Gasteiger partial charge in [0.2, 0.25) is 0 Å². The fourth-order valence-corrected chi connectivity index (χ4v) is 4.20. The number of carbonyl (C=O) groups excluding carboxylic acids is 1. The third-order valence-electron chi connectivity index (χ3n) is 5.48. The molecular weight excluding hydrogens is 419 g/mol. The molecular formula is C24H18ClFN2O3. The summed E-state index contributed by atoms with van der Waals surface area (Å²) in [5.74, 6) is 0.537. The van der Waals surface area contributed by atoms with E-state index in [4.69, 9.17) is 21.1 Å². The maximum absolute atomic E-state index is 13.9. The quantitative estimate of drug-likeness (QED) is 0.399. The Morgan fingerprint density at radius 1 is 1.13 bits per heavy atom. The Labute approximate surface area is 183 Å². The van der Waals surface area contributed by atoms with Crippen LogP contribution in [0.1, 0.15) is 22.7 Å². The van der Waals surface area contributed by atoms with E-state index in [-0.39, 0.29) is 5.92 Å². The highest BCUT2D eigenvalue weighted by Gasteiger charge is 2.45. The van der Waals surface area contributed by atoms with Crippen molar-refractivity contribution in [3.8, 4) is 11.5 Å². The number of amides is 1. The van der Waals surface area contributed by atoms with Crippen molar-refractivity contribution in [1.82, 2.24) is 5.01 Å². The molecule has 1 amide bonds. The van der Waals surface area contributed by atoms with Gasteiger partial charge in [0.25, 0.3) is 0 Å². The average molecular weight is 437 g/mol. The van der Waals surface area contributed by atoms with Gasteiger partial charge in [0.1, 0.15) is 23.9 Å². The predicted molar refractivity (Wildman–Crippen MR) is 115 cm³/mol. The minimum absolute atomic E-state index is 0.277. The largest absolute Gasteiger partial charge is 0.492 e. The average Bonchev–Trinajstić information content (AvgIpc) is 3.19. The number of nitrogens with zero attached hydrogens (tertiary/aromatic N) is 2. The maximum Gasteiger partial charge on any atom is 0.337 e. The van der Waals surface area contributed by atoms with E-state index >= 15 is 0 Å². The Hall–Kier alpha value is -3.38. The zero-order valence-electron chi connectivity index (χ0n) is 16.4. The third kappa shape index (κ3) is 3.75. The summed E-state index contributed by atoms with van der Waals surface area (Å²) in [6, 6.07) is 21.2. The molecule has 2 aliphatic rings. The van der Waals surface area contributed by atoms with Crippen LogP contribution in [0.5, 0.6) is 11.5 Å². The van der Waals surface area contributed by atoms with Gasteiger partial charge in [-0.3, -0.25) is 4.79 Å². The lowest BCUT2D eigenvalue weighted by molar-refractivity contribution is 0.178. The predicted octanol–water partition coefficient (Wildman–Crippen LogP) is 5.53. The standard InChI is InChI=1S/C24H18ClFN2O3/c25-24(29)28-23(20-14-31-21-10-9-17(26)12-19(21)22(20)27-28)16-7-4-8-18(11-16)30-13-15-5-2-1-3-6-15/h1-12,20,23H,13-14H2/t20-,23-/m0/s1. The summed E-state index contributed by atoms with van der Waals surface area (Å²) in [4.78, 5) is 12.2. The zero-order valence-corrected chi connectivity index (χ0v) is 17.1. The van der Waals surface area contributed by atoms with E-state index in [2.05, 4.69) is 5.10 Å². The van der Waals surface area contributed by atoms with Gasteiger partial charge in [0, 0.05) is 5.56 Å². The molecule has 3 aromatic rings. The number of hydrogen-bond acceptors (Lipinski definition) is 4. The van der Waals surface area contributed by atoms with Gasteiger partial charge in [-0.15, -0.1) is 0 Å². The highest BCUT2D eigenvalue weighted by atomic mass is 35.5. The van der Waals surface area contributed by atoms with Crippen molar-refractivity contribution in [3.63, 3.8) is 0 Å². The molecule has 2 atom stereocenters. The van der Waals surface area contributed by atoms with Crippen LogP contribution in [0.4, 0.5) is 9.18 Å². The molecule has 0 fully saturated rings. The van der Waals surface area contributed by atoms with Crippen LogP contribution in [-0.2, 0) is 6.61 Å². The fraction of sp³-hybridized carbons (Fsp3) is 0.167. The molecule has 0 saturated heterocycles. The van der Waals surface area contributed by atoms with Gasteiger partial charge >= 0.3 is 5.37 Å². The Kier molecular flexibility index (Phi) is 5.08. The van der Waals surface area contributed by atoms with Gasteiger partial charge in [0.15, 0.2) is 0 Å². The molecule has 3 aromatic carbocycles. The van der Waals surface area contributed by atoms with Gasteiger partial charge in [-0.1, -0.05) is 42.5 Å². The lowest BCUT2D eigenvalue weighted by Crippen LogP contribution is -2.33. The smallest absolute Gasteiger partial charge is 0.337 e. The highest BCUT2D eigenvalue weighted by Crippen LogP contribution is 2.43. The Morgan fingerprint density at radius 3 is 2.77 bits per heavy atom. The van der Waals surface area contributed by atoms with Gasteiger partial charge < -0.3 is 9.47 Å². The van der Waals surface area contributed by atoms with Crippen molar-refractivity contribution in [2.24, 2.45) is 11.0 Å². The number of rotatable bonds is 4. The second kappa shape index (κ2) is 8.04. The molecule has 0 N–H and O–H groups in total. The van der Waals surface area contributed by atoms with Crippen LogP contribution < -0.4 is 9.47 Å². The van der Waals surface area contributed by atoms with Crippen LogP contribution in [0.25, 0.3) is 0 Å². The van der Waals surface area contributed by atoms with Crippen LogP contribution in [0, 0.1) is 11.7 Å². The molecule has 0 bridgehead atoms. The maximum atomic E-state index is 13.9. The van der Waals surface area contributed by atoms with Crippen LogP contribution >= 0.6 is 11.6 Å². The van der Waals surface area contributed by atoms with E-state index in [1.54, 1.807) is 6.07 Å². The first-order valence-electron chi connectivity index (χ1n) is 9.87. The highest BCUT2D eigenvalue weighted by molar-refractivity contribution is 6.62. The molecule has 7 heteroatoms. The molecule has 0 aliphatic carbocycles. The van der Waals surface area contributed by atoms with E-state index in [1.807, 2.05) is 54.6 Å². The van der Waals surface area contributed by atoms with Gasteiger partial charge in [0.05, 0.1) is 24.3 Å². The summed E-state index contributed by atoms with van der Waals surface area (Å²) in [7, 11) is 0. The van der Waals surface area contributed by atoms with E-state index in [1.165, 1.54) is 17.1 Å². The van der Waals surface area contributed by atoms with Crippen LogP contribution in [0.3, 0.4) is 0 Å². The van der Waals surface area contributed by atoms with E-state index < -0.39 is 17.2 Å². The van der Waals surface area contributed by atoms with Crippen LogP contribution in [0.2, 0.25) is 0 Å². The topological polar surface area (TPSA) is 51.1 Å². The van der Waals surface area contributed by atoms with E-state index in [0.717, 1.165) is 11.1 Å². The fourth-order valence-electron chi connectivity index (χ4n) is 4.06. The van der Waals surface area contributed by atoms with Crippen molar-refractivity contribution >= 4 is 22.7 Å². The molecule has 0 aromatic heterocycles. The first-order chi connectivity index (χ1) is 15.1. The number of hydrogen-bond donors (Lipinski definition) is 0. The van der Waals surface area contributed by atoms with Crippen molar-refractivity contribution in [3.05, 3.63) is 95.3 Å². The first-order valence-corrected chi connectivity index (χ1v) is 10.2. The molecule has 0 saturated carbocycles. The third-order valence-corrected chi connectivity index (χ3v) is 5.65. The Balaban J connectivity index is 1.45. The molecule has 5 nitrogen and oxygen atoms in total. The molecule has 2 heterocycles. The molecule has 0 radical (unpaired) electrons. The number of ether oxygens (including phenoxy) is 2. The zero-order chi connectivity index (χ0) is 21.4. The van der Waals surface area contributed by atoms with Gasteiger partial charge in [-0.25, -0.2) is 9.40 Å². The van der Waals surface area contributed by atoms with Crippen molar-refractivity contribution < 1.29 is 18.7 Å². The normalized spacial score (nSPS) is 19.2.